The largest absolute Gasteiger partial charge is 0.358 e. The normalized spacial score (nSPS) is 29.6. The van der Waals surface area contributed by atoms with E-state index >= 15 is 0 Å². The van der Waals surface area contributed by atoms with Crippen molar-refractivity contribution in [3.05, 3.63) is 0 Å². The number of nitrogens with zero attached hydrogens (tertiary/aromatic N) is 1. The van der Waals surface area contributed by atoms with Gasteiger partial charge in [-0.25, -0.2) is 0 Å². The molecule has 1 amide bonds. The lowest BCUT2D eigenvalue weighted by atomic mass is 10.1. The maximum atomic E-state index is 11.6. The number of nitrogens with one attached hydrogen (secondary N) is 1. The minimum absolute atomic E-state index is 0.170. The van der Waals surface area contributed by atoms with Gasteiger partial charge in [0.05, 0.1) is 6.04 Å². The van der Waals surface area contributed by atoms with Gasteiger partial charge >= 0.3 is 0 Å². The highest BCUT2D eigenvalue weighted by molar-refractivity contribution is 5.81. The van der Waals surface area contributed by atoms with Crippen LogP contribution in [-0.4, -0.2) is 36.5 Å². The maximum absolute atomic E-state index is 11.6. The summed E-state index contributed by atoms with van der Waals surface area (Å²) in [5.74, 6) is 0.217. The molecule has 0 aromatic heterocycles. The molecule has 2 aliphatic rings. The Labute approximate surface area is 85.8 Å². The molecule has 2 fully saturated rings. The van der Waals surface area contributed by atoms with Crippen molar-refractivity contribution in [2.45, 2.75) is 50.6 Å². The van der Waals surface area contributed by atoms with Gasteiger partial charge in [-0.05, 0) is 32.2 Å². The first-order valence-corrected chi connectivity index (χ1v) is 5.80. The minimum Gasteiger partial charge on any atom is -0.358 e. The van der Waals surface area contributed by atoms with Crippen molar-refractivity contribution in [2.75, 3.05) is 13.6 Å². The van der Waals surface area contributed by atoms with Crippen LogP contribution in [0.1, 0.15) is 38.5 Å². The van der Waals surface area contributed by atoms with Gasteiger partial charge < -0.3 is 5.32 Å². The van der Waals surface area contributed by atoms with E-state index in [9.17, 15) is 4.79 Å². The molecule has 1 atom stereocenters. The Hall–Kier alpha value is -0.570. The van der Waals surface area contributed by atoms with Gasteiger partial charge in [0.25, 0.3) is 0 Å². The van der Waals surface area contributed by atoms with Crippen LogP contribution in [0.3, 0.4) is 0 Å². The number of rotatable bonds is 2. The number of hydrogen-bond donors (Lipinski definition) is 1. The van der Waals surface area contributed by atoms with Crippen LogP contribution in [0.4, 0.5) is 0 Å². The van der Waals surface area contributed by atoms with Gasteiger partial charge in [-0.15, -0.1) is 0 Å². The van der Waals surface area contributed by atoms with Crippen LogP contribution >= 0.6 is 0 Å². The number of amides is 1. The van der Waals surface area contributed by atoms with Crippen LogP contribution in [0.25, 0.3) is 0 Å². The zero-order valence-corrected chi connectivity index (χ0v) is 8.96. The van der Waals surface area contributed by atoms with E-state index in [-0.39, 0.29) is 11.9 Å². The first kappa shape index (κ1) is 9.97. The molecule has 1 unspecified atom stereocenters. The summed E-state index contributed by atoms with van der Waals surface area (Å²) < 4.78 is 0. The predicted molar refractivity (Wildman–Crippen MR) is 56.1 cm³/mol. The summed E-state index contributed by atoms with van der Waals surface area (Å²) in [5, 5.41) is 2.78. The molecule has 1 N–H and O–H groups in total. The van der Waals surface area contributed by atoms with Crippen molar-refractivity contribution in [1.29, 1.82) is 0 Å². The van der Waals surface area contributed by atoms with Crippen LogP contribution in [0, 0.1) is 0 Å². The lowest BCUT2D eigenvalue weighted by molar-refractivity contribution is -0.125. The zero-order chi connectivity index (χ0) is 9.97. The third-order valence-corrected chi connectivity index (χ3v) is 3.64. The van der Waals surface area contributed by atoms with Gasteiger partial charge in [-0.1, -0.05) is 12.8 Å². The van der Waals surface area contributed by atoms with Crippen LogP contribution in [0.5, 0.6) is 0 Å². The Bertz CT molecular complexity index is 211. The molecule has 1 aliphatic heterocycles. The zero-order valence-electron chi connectivity index (χ0n) is 8.96. The van der Waals surface area contributed by atoms with Crippen LogP contribution in [-0.2, 0) is 4.79 Å². The molecule has 1 heterocycles. The van der Waals surface area contributed by atoms with Crippen LogP contribution in [0.2, 0.25) is 0 Å². The first-order chi connectivity index (χ1) is 6.83. The Morgan fingerprint density at radius 1 is 1.21 bits per heavy atom. The van der Waals surface area contributed by atoms with Crippen molar-refractivity contribution in [2.24, 2.45) is 0 Å². The summed E-state index contributed by atoms with van der Waals surface area (Å²) in [4.78, 5) is 14.1. The number of hydrogen-bond acceptors (Lipinski definition) is 2. The molecule has 1 saturated carbocycles. The molecular formula is C11H20N2O. The number of carbonyl (C=O) groups is 1. The second-order valence-corrected chi connectivity index (χ2v) is 4.45. The smallest absolute Gasteiger partial charge is 0.237 e. The Kier molecular flexibility index (Phi) is 3.06. The molecule has 2 rings (SSSR count). The van der Waals surface area contributed by atoms with Gasteiger partial charge in [0.2, 0.25) is 5.91 Å². The molecular weight excluding hydrogens is 176 g/mol. The Balaban J connectivity index is 1.98. The third-order valence-electron chi connectivity index (χ3n) is 3.64. The average Bonchev–Trinajstić information content (AvgIpc) is 2.85. The number of likely N-dealkylation sites (tertiary alicyclic amines) is 1. The van der Waals surface area contributed by atoms with E-state index in [4.69, 9.17) is 0 Å². The van der Waals surface area contributed by atoms with Gasteiger partial charge in [-0.3, -0.25) is 9.69 Å². The Morgan fingerprint density at radius 3 is 2.57 bits per heavy atom. The summed E-state index contributed by atoms with van der Waals surface area (Å²) >= 11 is 0. The Morgan fingerprint density at radius 2 is 1.93 bits per heavy atom. The molecule has 1 saturated heterocycles. The first-order valence-electron chi connectivity index (χ1n) is 5.80. The summed E-state index contributed by atoms with van der Waals surface area (Å²) in [6, 6.07) is 0.864. The van der Waals surface area contributed by atoms with E-state index < -0.39 is 0 Å². The van der Waals surface area contributed by atoms with E-state index in [1.165, 1.54) is 32.1 Å². The lowest BCUT2D eigenvalue weighted by Crippen LogP contribution is -2.46. The summed E-state index contributed by atoms with van der Waals surface area (Å²) in [6.07, 6.45) is 7.54. The summed E-state index contributed by atoms with van der Waals surface area (Å²) in [6.45, 7) is 1.13. The quantitative estimate of drug-likeness (QED) is 0.718. The number of carbonyl (C=O) groups excluding carboxylic acids is 1. The lowest BCUT2D eigenvalue weighted by Gasteiger charge is -2.29. The van der Waals surface area contributed by atoms with Crippen LogP contribution in [0.15, 0.2) is 0 Å². The van der Waals surface area contributed by atoms with Crippen molar-refractivity contribution >= 4 is 5.91 Å². The third kappa shape index (κ3) is 1.78. The van der Waals surface area contributed by atoms with Gasteiger partial charge in [0.1, 0.15) is 0 Å². The van der Waals surface area contributed by atoms with E-state index in [1.54, 1.807) is 7.05 Å². The highest BCUT2D eigenvalue weighted by Crippen LogP contribution is 2.29. The fourth-order valence-corrected chi connectivity index (χ4v) is 2.91. The second-order valence-electron chi connectivity index (χ2n) is 4.45. The highest BCUT2D eigenvalue weighted by atomic mass is 16.2. The molecule has 14 heavy (non-hydrogen) atoms. The standard InChI is InChI=1S/C11H20N2O/c1-12-11(14)10-7-4-8-13(10)9-5-2-3-6-9/h9-10H,2-8H2,1H3,(H,12,14). The topological polar surface area (TPSA) is 32.3 Å². The molecule has 0 bridgehead atoms. The fourth-order valence-electron chi connectivity index (χ4n) is 2.91. The van der Waals surface area contributed by atoms with Crippen LogP contribution < -0.4 is 5.32 Å². The van der Waals surface area contributed by atoms with Gasteiger partial charge in [0, 0.05) is 13.1 Å². The van der Waals surface area contributed by atoms with Crippen molar-refractivity contribution in [1.82, 2.24) is 10.2 Å². The van der Waals surface area contributed by atoms with Gasteiger partial charge in [0.15, 0.2) is 0 Å². The molecule has 0 radical (unpaired) electrons. The fraction of sp³-hybridized carbons (Fsp3) is 0.909. The van der Waals surface area contributed by atoms with Crippen molar-refractivity contribution in [3.8, 4) is 0 Å². The monoisotopic (exact) mass is 196 g/mol. The second kappa shape index (κ2) is 4.30. The molecule has 1 aliphatic carbocycles. The minimum atomic E-state index is 0.170. The van der Waals surface area contributed by atoms with E-state index in [2.05, 4.69) is 10.2 Å². The highest BCUT2D eigenvalue weighted by Gasteiger charge is 2.35. The maximum Gasteiger partial charge on any atom is 0.237 e. The molecule has 3 nitrogen and oxygen atoms in total. The average molecular weight is 196 g/mol. The summed E-state index contributed by atoms with van der Waals surface area (Å²) in [5.41, 5.74) is 0. The van der Waals surface area contributed by atoms with Crippen molar-refractivity contribution in [3.63, 3.8) is 0 Å². The van der Waals surface area contributed by atoms with Crippen molar-refractivity contribution < 1.29 is 4.79 Å². The summed E-state index contributed by atoms with van der Waals surface area (Å²) in [7, 11) is 1.74. The predicted octanol–water partition coefficient (Wildman–Crippen LogP) is 1.14. The molecule has 0 aromatic rings. The number of likely N-dealkylation sites (N-methyl/N-ethyl adjacent to an activating group) is 1. The van der Waals surface area contributed by atoms with E-state index in [1.807, 2.05) is 0 Å². The molecule has 0 aromatic carbocycles. The van der Waals surface area contributed by atoms with Gasteiger partial charge in [-0.2, -0.15) is 0 Å². The SMILES string of the molecule is CNC(=O)C1CCCN1C1CCCC1. The molecule has 0 spiro atoms. The molecule has 80 valence electrons. The molecule has 3 heteroatoms. The van der Waals surface area contributed by atoms with E-state index in [0.29, 0.717) is 6.04 Å². The van der Waals surface area contributed by atoms with E-state index in [0.717, 1.165) is 13.0 Å².